The van der Waals surface area contributed by atoms with E-state index in [0.29, 0.717) is 24.7 Å². The Morgan fingerprint density at radius 1 is 0.697 bits per heavy atom. The lowest BCUT2D eigenvalue weighted by atomic mass is 10.2. The topological polar surface area (TPSA) is 42.9 Å². The molecular formula is C27H22F2N2O2. The van der Waals surface area contributed by atoms with Gasteiger partial charge in [-0.25, -0.2) is 8.78 Å². The van der Waals surface area contributed by atoms with Crippen molar-refractivity contribution in [2.75, 3.05) is 5.43 Å². The number of ether oxygens (including phenoxy) is 2. The second-order valence-electron chi connectivity index (χ2n) is 7.25. The van der Waals surface area contributed by atoms with Crippen LogP contribution in [0.2, 0.25) is 0 Å². The van der Waals surface area contributed by atoms with Gasteiger partial charge in [-0.05, 0) is 47.0 Å². The van der Waals surface area contributed by atoms with E-state index in [4.69, 9.17) is 9.47 Å². The third-order valence-corrected chi connectivity index (χ3v) is 4.77. The molecule has 4 rings (SSSR count). The Balaban J connectivity index is 1.49. The Bertz CT molecular complexity index is 1220. The van der Waals surface area contributed by atoms with Crippen LogP contribution >= 0.6 is 0 Å². The van der Waals surface area contributed by atoms with Crippen LogP contribution < -0.4 is 14.9 Å². The van der Waals surface area contributed by atoms with Gasteiger partial charge in [0.25, 0.3) is 0 Å². The number of nitrogens with zero attached hydrogens (tertiary/aromatic N) is 1. The van der Waals surface area contributed by atoms with Crippen molar-refractivity contribution in [2.45, 2.75) is 13.2 Å². The number of anilines is 1. The zero-order valence-electron chi connectivity index (χ0n) is 17.7. The Morgan fingerprint density at radius 3 is 1.97 bits per heavy atom. The monoisotopic (exact) mass is 444 g/mol. The summed E-state index contributed by atoms with van der Waals surface area (Å²) in [6, 6.07) is 28.4. The lowest BCUT2D eigenvalue weighted by Crippen LogP contribution is -2.01. The van der Waals surface area contributed by atoms with Gasteiger partial charge in [0.1, 0.15) is 19.0 Å². The smallest absolute Gasteiger partial charge is 0.162 e. The fourth-order valence-electron chi connectivity index (χ4n) is 3.06. The summed E-state index contributed by atoms with van der Waals surface area (Å²) in [4.78, 5) is 0. The number of hydrogen-bond donors (Lipinski definition) is 1. The van der Waals surface area contributed by atoms with Crippen molar-refractivity contribution in [2.24, 2.45) is 5.10 Å². The zero-order valence-corrected chi connectivity index (χ0v) is 17.7. The van der Waals surface area contributed by atoms with Gasteiger partial charge in [0.2, 0.25) is 0 Å². The van der Waals surface area contributed by atoms with E-state index in [9.17, 15) is 8.78 Å². The van der Waals surface area contributed by atoms with Crippen molar-refractivity contribution < 1.29 is 18.3 Å². The molecule has 1 N–H and O–H groups in total. The van der Waals surface area contributed by atoms with Crippen LogP contribution in [0.4, 0.5) is 14.5 Å². The SMILES string of the molecule is Fc1ccc(NN=Cc2ccc(OCc3ccccc3)c(OCc3ccccc3)c2)c(F)c1. The minimum atomic E-state index is -0.719. The predicted molar refractivity (Wildman–Crippen MR) is 126 cm³/mol. The molecule has 0 bridgehead atoms. The molecule has 4 aromatic rings. The lowest BCUT2D eigenvalue weighted by Gasteiger charge is -2.14. The third kappa shape index (κ3) is 6.40. The Kier molecular flexibility index (Phi) is 7.28. The molecule has 0 unspecified atom stereocenters. The van der Waals surface area contributed by atoms with Gasteiger partial charge in [0, 0.05) is 6.07 Å². The molecule has 33 heavy (non-hydrogen) atoms. The molecule has 0 saturated heterocycles. The summed E-state index contributed by atoms with van der Waals surface area (Å²) in [5, 5.41) is 4.05. The predicted octanol–water partition coefficient (Wildman–Crippen LogP) is 6.57. The Labute approximate surface area is 191 Å². The molecule has 4 nitrogen and oxygen atoms in total. The van der Waals surface area contributed by atoms with Crippen molar-refractivity contribution in [3.63, 3.8) is 0 Å². The summed E-state index contributed by atoms with van der Waals surface area (Å²) in [7, 11) is 0. The second-order valence-corrected chi connectivity index (χ2v) is 7.25. The first-order valence-corrected chi connectivity index (χ1v) is 10.4. The molecule has 0 spiro atoms. The highest BCUT2D eigenvalue weighted by atomic mass is 19.1. The molecule has 0 aliphatic rings. The average molecular weight is 444 g/mol. The summed E-state index contributed by atoms with van der Waals surface area (Å²) in [6.45, 7) is 0.781. The van der Waals surface area contributed by atoms with E-state index in [1.807, 2.05) is 72.8 Å². The van der Waals surface area contributed by atoms with E-state index in [-0.39, 0.29) is 5.69 Å². The number of hydrogen-bond acceptors (Lipinski definition) is 4. The normalized spacial score (nSPS) is 10.8. The molecule has 0 radical (unpaired) electrons. The van der Waals surface area contributed by atoms with Gasteiger partial charge in [-0.3, -0.25) is 5.43 Å². The summed E-state index contributed by atoms with van der Waals surface area (Å²) in [6.07, 6.45) is 1.53. The average Bonchev–Trinajstić information content (AvgIpc) is 2.85. The van der Waals surface area contributed by atoms with E-state index < -0.39 is 11.6 Å². The van der Waals surface area contributed by atoms with Crippen LogP contribution in [0, 0.1) is 11.6 Å². The van der Waals surface area contributed by atoms with E-state index >= 15 is 0 Å². The maximum absolute atomic E-state index is 13.8. The summed E-state index contributed by atoms with van der Waals surface area (Å²) in [5.74, 6) is -0.201. The number of nitrogens with one attached hydrogen (secondary N) is 1. The molecule has 0 amide bonds. The highest BCUT2D eigenvalue weighted by molar-refractivity contribution is 5.81. The first kappa shape index (κ1) is 22.0. The summed E-state index contributed by atoms with van der Waals surface area (Å²) in [5.41, 5.74) is 5.46. The summed E-state index contributed by atoms with van der Waals surface area (Å²) < 4.78 is 38.9. The van der Waals surface area contributed by atoms with Gasteiger partial charge >= 0.3 is 0 Å². The van der Waals surface area contributed by atoms with Gasteiger partial charge in [0.05, 0.1) is 11.9 Å². The largest absolute Gasteiger partial charge is 0.485 e. The zero-order chi connectivity index (χ0) is 22.9. The fourth-order valence-corrected chi connectivity index (χ4v) is 3.06. The van der Waals surface area contributed by atoms with Crippen molar-refractivity contribution in [3.8, 4) is 11.5 Å². The molecule has 0 fully saturated rings. The molecule has 0 heterocycles. The quantitative estimate of drug-likeness (QED) is 0.235. The summed E-state index contributed by atoms with van der Waals surface area (Å²) >= 11 is 0. The van der Waals surface area contributed by atoms with Crippen molar-refractivity contribution >= 4 is 11.9 Å². The van der Waals surface area contributed by atoms with Crippen molar-refractivity contribution in [1.82, 2.24) is 0 Å². The van der Waals surface area contributed by atoms with Crippen LogP contribution in [0.1, 0.15) is 16.7 Å². The fraction of sp³-hybridized carbons (Fsp3) is 0.0741. The van der Waals surface area contributed by atoms with Crippen molar-refractivity contribution in [3.05, 3.63) is 125 Å². The molecule has 0 atom stereocenters. The van der Waals surface area contributed by atoms with Gasteiger partial charge in [-0.15, -0.1) is 0 Å². The molecular weight excluding hydrogens is 422 g/mol. The number of hydrazone groups is 1. The maximum Gasteiger partial charge on any atom is 0.162 e. The molecule has 0 aliphatic carbocycles. The van der Waals surface area contributed by atoms with E-state index in [1.54, 1.807) is 6.07 Å². The molecule has 4 aromatic carbocycles. The van der Waals surface area contributed by atoms with E-state index in [0.717, 1.165) is 28.8 Å². The van der Waals surface area contributed by atoms with Crippen LogP contribution in [-0.4, -0.2) is 6.21 Å². The number of halogens is 2. The molecule has 166 valence electrons. The second kappa shape index (κ2) is 10.9. The first-order chi connectivity index (χ1) is 16.2. The van der Waals surface area contributed by atoms with Crippen molar-refractivity contribution in [1.29, 1.82) is 0 Å². The minimum absolute atomic E-state index is 0.0796. The molecule has 0 saturated carbocycles. The maximum atomic E-state index is 13.8. The van der Waals surface area contributed by atoms with E-state index in [2.05, 4.69) is 10.5 Å². The van der Waals surface area contributed by atoms with Crippen LogP contribution in [0.25, 0.3) is 0 Å². The van der Waals surface area contributed by atoms with Gasteiger partial charge in [0.15, 0.2) is 17.3 Å². The van der Waals surface area contributed by atoms with Crippen LogP contribution in [0.15, 0.2) is 102 Å². The van der Waals surface area contributed by atoms with Gasteiger partial charge in [-0.2, -0.15) is 5.10 Å². The number of benzene rings is 4. The Hall–Kier alpha value is -4.19. The van der Waals surface area contributed by atoms with Gasteiger partial charge < -0.3 is 9.47 Å². The highest BCUT2D eigenvalue weighted by Gasteiger charge is 2.08. The molecule has 0 aliphatic heterocycles. The highest BCUT2D eigenvalue weighted by Crippen LogP contribution is 2.30. The standard InChI is InChI=1S/C27H22F2N2O2/c28-23-12-13-25(24(29)16-23)31-30-17-22-11-14-26(32-18-20-7-3-1-4-8-20)27(15-22)33-19-21-9-5-2-6-10-21/h1-17,31H,18-19H2. The Morgan fingerprint density at radius 2 is 1.33 bits per heavy atom. The molecule has 0 aromatic heterocycles. The third-order valence-electron chi connectivity index (χ3n) is 4.77. The first-order valence-electron chi connectivity index (χ1n) is 10.4. The minimum Gasteiger partial charge on any atom is -0.485 e. The van der Waals surface area contributed by atoms with Crippen LogP contribution in [0.5, 0.6) is 11.5 Å². The molecule has 6 heteroatoms. The van der Waals surface area contributed by atoms with Gasteiger partial charge in [-0.1, -0.05) is 60.7 Å². The lowest BCUT2D eigenvalue weighted by molar-refractivity contribution is 0.256. The van der Waals surface area contributed by atoms with Crippen LogP contribution in [0.3, 0.4) is 0 Å². The van der Waals surface area contributed by atoms with E-state index in [1.165, 1.54) is 12.3 Å². The number of rotatable bonds is 9. The van der Waals surface area contributed by atoms with Crippen LogP contribution in [-0.2, 0) is 13.2 Å².